The number of hydrazine groups is 1. The molecule has 0 aliphatic rings. The Morgan fingerprint density at radius 2 is 1.82 bits per heavy atom. The average molecular weight is 357 g/mol. The van der Waals surface area contributed by atoms with Crippen molar-refractivity contribution >= 4 is 46.4 Å². The number of carbonyl (C=O) groups is 2. The summed E-state index contributed by atoms with van der Waals surface area (Å²) in [6.45, 7) is 3.99. The van der Waals surface area contributed by atoms with Crippen molar-refractivity contribution in [3.05, 3.63) is 55.2 Å². The number of carbonyl (C=O) groups excluding carboxylic acids is 2. The summed E-state index contributed by atoms with van der Waals surface area (Å²) in [5.74, 6) is -0.885. The number of hydrogen-bond acceptors (Lipinski definition) is 3. The summed E-state index contributed by atoms with van der Waals surface area (Å²) < 4.78 is 0. The van der Waals surface area contributed by atoms with Crippen molar-refractivity contribution in [2.75, 3.05) is 0 Å². The minimum Gasteiger partial charge on any atom is -0.267 e. The molecule has 0 unspecified atom stereocenters. The minimum atomic E-state index is -0.523. The van der Waals surface area contributed by atoms with Crippen molar-refractivity contribution in [3.8, 4) is 0 Å². The van der Waals surface area contributed by atoms with E-state index in [1.54, 1.807) is 12.1 Å². The lowest BCUT2D eigenvalue weighted by Gasteiger charge is -2.08. The predicted octanol–water partition coefficient (Wildman–Crippen LogP) is 4.00. The van der Waals surface area contributed by atoms with Crippen LogP contribution in [0.25, 0.3) is 0 Å². The number of aryl methyl sites for hydroxylation is 2. The monoisotopic (exact) mass is 356 g/mol. The molecule has 2 amide bonds. The van der Waals surface area contributed by atoms with Crippen LogP contribution in [0.1, 0.15) is 37.4 Å². The molecule has 0 fully saturated rings. The van der Waals surface area contributed by atoms with Gasteiger partial charge in [0.25, 0.3) is 11.8 Å². The molecule has 7 heteroatoms. The van der Waals surface area contributed by atoms with E-state index in [0.717, 1.165) is 16.9 Å². The second-order valence-electron chi connectivity index (χ2n) is 4.60. The van der Waals surface area contributed by atoms with E-state index < -0.39 is 5.91 Å². The van der Waals surface area contributed by atoms with Crippen molar-refractivity contribution in [1.82, 2.24) is 10.9 Å². The SMILES string of the molecule is CCc1sc(C(=O)NNC(=O)c2cc(Cl)ccc2Cl)cc1C. The van der Waals surface area contributed by atoms with Gasteiger partial charge < -0.3 is 0 Å². The molecule has 1 heterocycles. The molecular weight excluding hydrogens is 343 g/mol. The van der Waals surface area contributed by atoms with Crippen LogP contribution in [0.15, 0.2) is 24.3 Å². The zero-order valence-corrected chi connectivity index (χ0v) is 14.3. The first-order valence-electron chi connectivity index (χ1n) is 6.57. The maximum atomic E-state index is 12.0. The largest absolute Gasteiger partial charge is 0.279 e. The normalized spacial score (nSPS) is 10.4. The van der Waals surface area contributed by atoms with Gasteiger partial charge in [-0.15, -0.1) is 11.3 Å². The molecule has 0 radical (unpaired) electrons. The van der Waals surface area contributed by atoms with Gasteiger partial charge in [0.2, 0.25) is 0 Å². The van der Waals surface area contributed by atoms with Crippen LogP contribution >= 0.6 is 34.5 Å². The fourth-order valence-corrected chi connectivity index (χ4v) is 3.28. The summed E-state index contributed by atoms with van der Waals surface area (Å²) in [4.78, 5) is 25.8. The first-order chi connectivity index (χ1) is 10.4. The highest BCUT2D eigenvalue weighted by Crippen LogP contribution is 2.22. The van der Waals surface area contributed by atoms with E-state index in [9.17, 15) is 9.59 Å². The summed E-state index contributed by atoms with van der Waals surface area (Å²) in [5.41, 5.74) is 5.99. The molecule has 2 rings (SSSR count). The molecule has 1 aromatic heterocycles. The van der Waals surface area contributed by atoms with Crippen molar-refractivity contribution < 1.29 is 9.59 Å². The molecule has 0 aliphatic carbocycles. The molecule has 22 heavy (non-hydrogen) atoms. The lowest BCUT2D eigenvalue weighted by molar-refractivity contribution is 0.0849. The van der Waals surface area contributed by atoms with Gasteiger partial charge >= 0.3 is 0 Å². The van der Waals surface area contributed by atoms with Gasteiger partial charge in [-0.1, -0.05) is 30.1 Å². The van der Waals surface area contributed by atoms with E-state index in [1.807, 2.05) is 13.8 Å². The number of nitrogens with one attached hydrogen (secondary N) is 2. The van der Waals surface area contributed by atoms with Crippen LogP contribution < -0.4 is 10.9 Å². The predicted molar refractivity (Wildman–Crippen MR) is 89.8 cm³/mol. The first kappa shape index (κ1) is 16.8. The van der Waals surface area contributed by atoms with E-state index in [2.05, 4.69) is 10.9 Å². The zero-order valence-electron chi connectivity index (χ0n) is 12.0. The number of amides is 2. The highest BCUT2D eigenvalue weighted by molar-refractivity contribution is 7.14. The molecule has 2 aromatic rings. The molecule has 0 atom stereocenters. The van der Waals surface area contributed by atoms with E-state index in [1.165, 1.54) is 23.5 Å². The quantitative estimate of drug-likeness (QED) is 0.816. The van der Waals surface area contributed by atoms with E-state index >= 15 is 0 Å². The summed E-state index contributed by atoms with van der Waals surface area (Å²) in [6.07, 6.45) is 0.869. The van der Waals surface area contributed by atoms with Crippen LogP contribution in [0.5, 0.6) is 0 Å². The molecule has 0 saturated carbocycles. The molecule has 0 spiro atoms. The summed E-state index contributed by atoms with van der Waals surface area (Å²) in [6, 6.07) is 6.35. The van der Waals surface area contributed by atoms with Crippen LogP contribution in [-0.4, -0.2) is 11.8 Å². The third-order valence-corrected chi connectivity index (χ3v) is 4.97. The third kappa shape index (κ3) is 3.80. The van der Waals surface area contributed by atoms with Gasteiger partial charge in [0.1, 0.15) is 0 Å². The number of benzene rings is 1. The van der Waals surface area contributed by atoms with Crippen molar-refractivity contribution in [3.63, 3.8) is 0 Å². The zero-order chi connectivity index (χ0) is 16.3. The Bertz CT molecular complexity index is 728. The van der Waals surface area contributed by atoms with Crippen LogP contribution in [0.3, 0.4) is 0 Å². The molecule has 116 valence electrons. The molecule has 2 N–H and O–H groups in total. The van der Waals surface area contributed by atoms with Gasteiger partial charge in [-0.25, -0.2) is 0 Å². The summed E-state index contributed by atoms with van der Waals surface area (Å²) in [5, 5.41) is 0.652. The minimum absolute atomic E-state index is 0.200. The number of hydrogen-bond donors (Lipinski definition) is 2. The maximum Gasteiger partial charge on any atom is 0.279 e. The van der Waals surface area contributed by atoms with Crippen molar-refractivity contribution in [2.24, 2.45) is 0 Å². The van der Waals surface area contributed by atoms with Crippen molar-refractivity contribution in [2.45, 2.75) is 20.3 Å². The highest BCUT2D eigenvalue weighted by Gasteiger charge is 2.15. The molecule has 4 nitrogen and oxygen atoms in total. The van der Waals surface area contributed by atoms with Crippen molar-refractivity contribution in [1.29, 1.82) is 0 Å². The molecular formula is C15H14Cl2N2O2S. The van der Waals surface area contributed by atoms with Crippen LogP contribution in [0.4, 0.5) is 0 Å². The van der Waals surface area contributed by atoms with E-state index in [4.69, 9.17) is 23.2 Å². The second-order valence-corrected chi connectivity index (χ2v) is 6.58. The molecule has 0 bridgehead atoms. The smallest absolute Gasteiger partial charge is 0.267 e. The Kier molecular flexibility index (Phi) is 5.45. The number of rotatable bonds is 3. The first-order valence-corrected chi connectivity index (χ1v) is 8.14. The van der Waals surface area contributed by atoms with Gasteiger partial charge in [-0.05, 0) is 43.2 Å². The second kappa shape index (κ2) is 7.13. The Morgan fingerprint density at radius 1 is 1.14 bits per heavy atom. The van der Waals surface area contributed by atoms with Gasteiger partial charge in [-0.2, -0.15) is 0 Å². The average Bonchev–Trinajstić information content (AvgIpc) is 2.88. The van der Waals surface area contributed by atoms with Gasteiger partial charge in [0, 0.05) is 9.90 Å². The van der Waals surface area contributed by atoms with Crippen LogP contribution in [0.2, 0.25) is 10.0 Å². The topological polar surface area (TPSA) is 58.2 Å². The molecule has 0 aliphatic heterocycles. The third-order valence-electron chi connectivity index (χ3n) is 3.03. The van der Waals surface area contributed by atoms with Crippen LogP contribution in [0, 0.1) is 6.92 Å². The number of halogens is 2. The van der Waals surface area contributed by atoms with E-state index in [-0.39, 0.29) is 16.5 Å². The Balaban J connectivity index is 2.04. The fourth-order valence-electron chi connectivity index (χ4n) is 1.90. The molecule has 0 saturated heterocycles. The highest BCUT2D eigenvalue weighted by atomic mass is 35.5. The van der Waals surface area contributed by atoms with E-state index in [0.29, 0.717) is 9.90 Å². The maximum absolute atomic E-state index is 12.0. The lowest BCUT2D eigenvalue weighted by atomic mass is 10.2. The van der Waals surface area contributed by atoms with Gasteiger partial charge in [0.15, 0.2) is 0 Å². The Labute approximate surface area is 142 Å². The Morgan fingerprint density at radius 3 is 2.45 bits per heavy atom. The van der Waals surface area contributed by atoms with Crippen LogP contribution in [-0.2, 0) is 6.42 Å². The Hall–Kier alpha value is -1.56. The standard InChI is InChI=1S/C15H14Cl2N2O2S/c1-3-12-8(2)6-13(22-12)15(21)19-18-14(20)10-7-9(16)4-5-11(10)17/h4-7H,3H2,1-2H3,(H,18,20)(H,19,21). The summed E-state index contributed by atoms with van der Waals surface area (Å²) in [7, 11) is 0. The fraction of sp³-hybridized carbons (Fsp3) is 0.200. The van der Waals surface area contributed by atoms with Gasteiger partial charge in [0.05, 0.1) is 15.5 Å². The summed E-state index contributed by atoms with van der Waals surface area (Å²) >= 11 is 13.2. The lowest BCUT2D eigenvalue weighted by Crippen LogP contribution is -2.41. The number of thiophene rings is 1. The van der Waals surface area contributed by atoms with Gasteiger partial charge in [-0.3, -0.25) is 20.4 Å². The molecule has 1 aromatic carbocycles.